The predicted molar refractivity (Wildman–Crippen MR) is 129 cm³/mol. The third-order valence-corrected chi connectivity index (χ3v) is 7.34. The minimum Gasteiger partial charge on any atom is -0.364 e. The molecule has 6 rings (SSSR count). The third kappa shape index (κ3) is 3.26. The Bertz CT molecular complexity index is 1470. The number of nitrogens with two attached hydrogens (primary N) is 1. The number of rotatable bonds is 3. The van der Waals surface area contributed by atoms with Crippen LogP contribution in [0.3, 0.4) is 0 Å². The van der Waals surface area contributed by atoms with E-state index in [-0.39, 0.29) is 16.5 Å². The summed E-state index contributed by atoms with van der Waals surface area (Å²) in [6.07, 6.45) is 7.79. The molecule has 0 radical (unpaired) electrons. The standard InChI is InChI=1S/C26H25N5O2/c27-24(33)23-22-19(7-11-28-23)29-20(14-21(22)32)17-13-16-5-1-2-6-18(16)30-25(17)31-12-4-10-26(15-31)8-3-9-26/h1-2,5-7,11,13-14H,3-4,8-10,12,15H2,(H2,27,33)(H,29,32). The number of piperidine rings is 1. The molecule has 166 valence electrons. The van der Waals surface area contributed by atoms with Crippen LogP contribution >= 0.6 is 0 Å². The maximum atomic E-state index is 13.1. The van der Waals surface area contributed by atoms with Crippen LogP contribution < -0.4 is 16.1 Å². The van der Waals surface area contributed by atoms with Crippen molar-refractivity contribution in [1.29, 1.82) is 0 Å². The van der Waals surface area contributed by atoms with Gasteiger partial charge in [0.15, 0.2) is 5.43 Å². The summed E-state index contributed by atoms with van der Waals surface area (Å²) < 4.78 is 0. The van der Waals surface area contributed by atoms with E-state index in [0.717, 1.165) is 41.8 Å². The number of carbonyl (C=O) groups excluding carboxylic acids is 1. The predicted octanol–water partition coefficient (Wildman–Crippen LogP) is 4.01. The van der Waals surface area contributed by atoms with Crippen LogP contribution in [-0.4, -0.2) is 33.9 Å². The lowest BCUT2D eigenvalue weighted by molar-refractivity contribution is 0.0997. The first-order chi connectivity index (χ1) is 16.0. The monoisotopic (exact) mass is 439 g/mol. The van der Waals surface area contributed by atoms with E-state index in [1.165, 1.54) is 37.9 Å². The van der Waals surface area contributed by atoms with Crippen molar-refractivity contribution in [3.05, 3.63) is 64.6 Å². The summed E-state index contributed by atoms with van der Waals surface area (Å²) in [5, 5.41) is 1.23. The minimum atomic E-state index is -0.717. The molecule has 1 saturated carbocycles. The van der Waals surface area contributed by atoms with Crippen LogP contribution in [0.1, 0.15) is 42.6 Å². The molecule has 33 heavy (non-hydrogen) atoms. The number of pyridine rings is 3. The van der Waals surface area contributed by atoms with Crippen LogP contribution in [-0.2, 0) is 0 Å². The van der Waals surface area contributed by atoms with Gasteiger partial charge in [-0.25, -0.2) is 4.98 Å². The number of aromatic amines is 1. The molecule has 3 N–H and O–H groups in total. The number of hydrogen-bond acceptors (Lipinski definition) is 5. The molecule has 7 heteroatoms. The van der Waals surface area contributed by atoms with Gasteiger partial charge in [-0.05, 0) is 49.3 Å². The average Bonchev–Trinajstić information content (AvgIpc) is 2.81. The average molecular weight is 440 g/mol. The zero-order valence-electron chi connectivity index (χ0n) is 18.3. The lowest BCUT2D eigenvalue weighted by Crippen LogP contribution is -2.47. The number of nitrogens with one attached hydrogen (secondary N) is 1. The topological polar surface area (TPSA) is 105 Å². The molecule has 2 aliphatic rings. The second kappa shape index (κ2) is 7.40. The molecule has 1 spiro atoms. The Morgan fingerprint density at radius 2 is 1.91 bits per heavy atom. The Morgan fingerprint density at radius 3 is 2.70 bits per heavy atom. The minimum absolute atomic E-state index is 0.0138. The maximum absolute atomic E-state index is 13.1. The van der Waals surface area contributed by atoms with Crippen molar-refractivity contribution in [2.24, 2.45) is 11.1 Å². The molecule has 1 aliphatic carbocycles. The zero-order chi connectivity index (χ0) is 22.6. The van der Waals surface area contributed by atoms with Crippen molar-refractivity contribution in [3.8, 4) is 11.3 Å². The largest absolute Gasteiger partial charge is 0.364 e. The third-order valence-electron chi connectivity index (χ3n) is 7.34. The molecule has 4 heterocycles. The number of primary amides is 1. The van der Waals surface area contributed by atoms with Crippen LogP contribution in [0.25, 0.3) is 33.1 Å². The van der Waals surface area contributed by atoms with Gasteiger partial charge in [0, 0.05) is 36.3 Å². The van der Waals surface area contributed by atoms with E-state index in [2.05, 4.69) is 20.9 Å². The zero-order valence-corrected chi connectivity index (χ0v) is 18.3. The molecule has 4 aromatic rings. The van der Waals surface area contributed by atoms with Gasteiger partial charge < -0.3 is 15.6 Å². The highest BCUT2D eigenvalue weighted by atomic mass is 16.1. The van der Waals surface area contributed by atoms with E-state index in [1.54, 1.807) is 6.07 Å². The summed E-state index contributed by atoms with van der Waals surface area (Å²) in [4.78, 5) is 39.8. The first-order valence-corrected chi connectivity index (χ1v) is 11.5. The fraction of sp³-hybridized carbons (Fsp3) is 0.308. The second-order valence-electron chi connectivity index (χ2n) is 9.42. The number of anilines is 1. The van der Waals surface area contributed by atoms with Gasteiger partial charge in [0.05, 0.1) is 22.1 Å². The molecule has 1 amide bonds. The van der Waals surface area contributed by atoms with Gasteiger partial charge in [-0.2, -0.15) is 0 Å². The lowest BCUT2D eigenvalue weighted by Gasteiger charge is -2.49. The summed E-state index contributed by atoms with van der Waals surface area (Å²) in [6.45, 7) is 1.95. The molecule has 0 atom stereocenters. The van der Waals surface area contributed by atoms with E-state index in [4.69, 9.17) is 10.7 Å². The van der Waals surface area contributed by atoms with Crippen LogP contribution in [0, 0.1) is 5.41 Å². The number of carbonyl (C=O) groups is 1. The molecule has 1 aliphatic heterocycles. The van der Waals surface area contributed by atoms with Gasteiger partial charge in [0.25, 0.3) is 5.91 Å². The fourth-order valence-corrected chi connectivity index (χ4v) is 5.55. The molecule has 1 aromatic carbocycles. The molecule has 7 nitrogen and oxygen atoms in total. The van der Waals surface area contributed by atoms with Crippen LogP contribution in [0.2, 0.25) is 0 Å². The first kappa shape index (κ1) is 19.9. The van der Waals surface area contributed by atoms with Crippen molar-refractivity contribution < 1.29 is 4.79 Å². The lowest BCUT2D eigenvalue weighted by atomic mass is 9.64. The number of amides is 1. The van der Waals surface area contributed by atoms with E-state index in [1.807, 2.05) is 24.3 Å². The number of aromatic nitrogens is 3. The van der Waals surface area contributed by atoms with Gasteiger partial charge in [0.2, 0.25) is 0 Å². The van der Waals surface area contributed by atoms with Gasteiger partial charge >= 0.3 is 0 Å². The Hall–Kier alpha value is -3.74. The fourth-order valence-electron chi connectivity index (χ4n) is 5.55. The second-order valence-corrected chi connectivity index (χ2v) is 9.42. The number of fused-ring (bicyclic) bond motifs is 2. The van der Waals surface area contributed by atoms with E-state index in [0.29, 0.717) is 16.6 Å². The number of nitrogens with zero attached hydrogens (tertiary/aromatic N) is 3. The molecule has 0 unspecified atom stereocenters. The van der Waals surface area contributed by atoms with Crippen LogP contribution in [0.4, 0.5) is 5.82 Å². The van der Waals surface area contributed by atoms with Crippen LogP contribution in [0.15, 0.2) is 53.5 Å². The molecule has 0 bridgehead atoms. The van der Waals surface area contributed by atoms with Crippen molar-refractivity contribution in [3.63, 3.8) is 0 Å². The highest BCUT2D eigenvalue weighted by Crippen LogP contribution is 2.48. The SMILES string of the molecule is NC(=O)c1nccc2[nH]c(-c3cc4ccccc4nc3N3CCCC4(CCC4)C3)cc(=O)c12. The van der Waals surface area contributed by atoms with E-state index < -0.39 is 5.91 Å². The summed E-state index contributed by atoms with van der Waals surface area (Å²) in [6, 6.07) is 13.4. The maximum Gasteiger partial charge on any atom is 0.268 e. The Morgan fingerprint density at radius 1 is 1.09 bits per heavy atom. The van der Waals surface area contributed by atoms with Crippen molar-refractivity contribution in [1.82, 2.24) is 15.0 Å². The summed E-state index contributed by atoms with van der Waals surface area (Å²) in [5.74, 6) is 0.185. The number of hydrogen-bond donors (Lipinski definition) is 2. The summed E-state index contributed by atoms with van der Waals surface area (Å²) in [7, 11) is 0. The normalized spacial score (nSPS) is 17.4. The number of benzene rings is 1. The molecule has 2 fully saturated rings. The van der Waals surface area contributed by atoms with Gasteiger partial charge in [-0.15, -0.1) is 0 Å². The molecular weight excluding hydrogens is 414 g/mol. The van der Waals surface area contributed by atoms with Gasteiger partial charge in [0.1, 0.15) is 11.5 Å². The summed E-state index contributed by atoms with van der Waals surface area (Å²) in [5.41, 5.74) is 8.60. The Labute approximate surface area is 190 Å². The summed E-state index contributed by atoms with van der Waals surface area (Å²) >= 11 is 0. The van der Waals surface area contributed by atoms with Crippen LogP contribution in [0.5, 0.6) is 0 Å². The molecule has 1 saturated heterocycles. The Kier molecular flexibility index (Phi) is 4.47. The molecule has 3 aromatic heterocycles. The van der Waals surface area contributed by atoms with Crippen molar-refractivity contribution in [2.45, 2.75) is 32.1 Å². The van der Waals surface area contributed by atoms with Gasteiger partial charge in [-0.3, -0.25) is 14.6 Å². The van der Waals surface area contributed by atoms with E-state index in [9.17, 15) is 9.59 Å². The van der Waals surface area contributed by atoms with Crippen molar-refractivity contribution >= 4 is 33.5 Å². The highest BCUT2D eigenvalue weighted by Gasteiger charge is 2.41. The Balaban J connectivity index is 1.56. The van der Waals surface area contributed by atoms with Crippen molar-refractivity contribution in [2.75, 3.05) is 18.0 Å². The number of para-hydroxylation sites is 1. The highest BCUT2D eigenvalue weighted by molar-refractivity contribution is 6.04. The molecular formula is C26H25N5O2. The smallest absolute Gasteiger partial charge is 0.268 e. The van der Waals surface area contributed by atoms with E-state index >= 15 is 0 Å². The van der Waals surface area contributed by atoms with Gasteiger partial charge in [-0.1, -0.05) is 24.6 Å². The first-order valence-electron chi connectivity index (χ1n) is 11.5. The quantitative estimate of drug-likeness (QED) is 0.502. The number of H-pyrrole nitrogens is 1.